The molecule has 0 unspecified atom stereocenters. The minimum Gasteiger partial charge on any atom is -0.485 e. The highest BCUT2D eigenvalue weighted by molar-refractivity contribution is 5.35. The van der Waals surface area contributed by atoms with Crippen molar-refractivity contribution in [1.29, 1.82) is 0 Å². The van der Waals surface area contributed by atoms with Crippen LogP contribution in [0.2, 0.25) is 0 Å². The lowest BCUT2D eigenvalue weighted by atomic mass is 10.1. The largest absolute Gasteiger partial charge is 0.485 e. The van der Waals surface area contributed by atoms with Gasteiger partial charge < -0.3 is 10.1 Å². The highest BCUT2D eigenvalue weighted by atomic mass is 19.1. The standard InChI is InChI=1S/C17H20FNO/c1-13(2)19-11-15-9-6-10-16(18)17(15)20-12-14-7-4-3-5-8-14/h3-10,13,19H,11-12H2,1-2H3. The molecule has 2 nitrogen and oxygen atoms in total. The van der Waals surface area contributed by atoms with E-state index in [1.807, 2.05) is 36.4 Å². The molecule has 0 saturated heterocycles. The number of hydrogen-bond acceptors (Lipinski definition) is 2. The lowest BCUT2D eigenvalue weighted by Gasteiger charge is -2.14. The Morgan fingerprint density at radius 1 is 1.05 bits per heavy atom. The fourth-order valence-electron chi connectivity index (χ4n) is 1.90. The highest BCUT2D eigenvalue weighted by Crippen LogP contribution is 2.23. The molecule has 0 heterocycles. The Bertz CT molecular complexity index is 540. The topological polar surface area (TPSA) is 21.3 Å². The molecule has 3 heteroatoms. The molecule has 0 spiro atoms. The van der Waals surface area contributed by atoms with Crippen molar-refractivity contribution in [1.82, 2.24) is 5.32 Å². The van der Waals surface area contributed by atoms with E-state index in [0.29, 0.717) is 24.9 Å². The Morgan fingerprint density at radius 2 is 1.80 bits per heavy atom. The second kappa shape index (κ2) is 7.06. The van der Waals surface area contributed by atoms with Crippen molar-refractivity contribution in [3.63, 3.8) is 0 Å². The van der Waals surface area contributed by atoms with E-state index in [0.717, 1.165) is 11.1 Å². The van der Waals surface area contributed by atoms with Gasteiger partial charge in [0.25, 0.3) is 0 Å². The summed E-state index contributed by atoms with van der Waals surface area (Å²) in [5.74, 6) is 0.0218. The fourth-order valence-corrected chi connectivity index (χ4v) is 1.90. The van der Waals surface area contributed by atoms with E-state index >= 15 is 0 Å². The van der Waals surface area contributed by atoms with Crippen molar-refractivity contribution < 1.29 is 9.13 Å². The number of para-hydroxylation sites is 1. The Hall–Kier alpha value is -1.87. The highest BCUT2D eigenvalue weighted by Gasteiger charge is 2.10. The maximum absolute atomic E-state index is 13.9. The smallest absolute Gasteiger partial charge is 0.165 e. The maximum Gasteiger partial charge on any atom is 0.165 e. The summed E-state index contributed by atoms with van der Waals surface area (Å²) in [4.78, 5) is 0. The van der Waals surface area contributed by atoms with Gasteiger partial charge in [0.05, 0.1) is 0 Å². The molecule has 0 aromatic heterocycles. The van der Waals surface area contributed by atoms with Gasteiger partial charge in [-0.05, 0) is 11.6 Å². The monoisotopic (exact) mass is 273 g/mol. The van der Waals surface area contributed by atoms with Gasteiger partial charge in [-0.3, -0.25) is 0 Å². The first kappa shape index (κ1) is 14.5. The van der Waals surface area contributed by atoms with E-state index in [9.17, 15) is 4.39 Å². The van der Waals surface area contributed by atoms with Gasteiger partial charge in [0.2, 0.25) is 0 Å². The first-order valence-corrected chi connectivity index (χ1v) is 6.84. The molecule has 0 atom stereocenters. The van der Waals surface area contributed by atoms with Gasteiger partial charge >= 0.3 is 0 Å². The van der Waals surface area contributed by atoms with E-state index in [-0.39, 0.29) is 5.82 Å². The van der Waals surface area contributed by atoms with Crippen molar-refractivity contribution in [3.05, 3.63) is 65.5 Å². The molecule has 0 amide bonds. The maximum atomic E-state index is 13.9. The van der Waals surface area contributed by atoms with Crippen LogP contribution in [0.4, 0.5) is 4.39 Å². The third kappa shape index (κ3) is 4.07. The van der Waals surface area contributed by atoms with Crippen molar-refractivity contribution >= 4 is 0 Å². The molecule has 0 fully saturated rings. The lowest BCUT2D eigenvalue weighted by Crippen LogP contribution is -2.22. The molecule has 0 saturated carbocycles. The van der Waals surface area contributed by atoms with Crippen LogP contribution in [0, 0.1) is 5.82 Å². The molecule has 0 aliphatic rings. The average Bonchev–Trinajstić information content (AvgIpc) is 2.45. The van der Waals surface area contributed by atoms with Crippen molar-refractivity contribution in [3.8, 4) is 5.75 Å². The average molecular weight is 273 g/mol. The third-order valence-electron chi connectivity index (χ3n) is 2.98. The Balaban J connectivity index is 2.09. The van der Waals surface area contributed by atoms with Gasteiger partial charge in [0.15, 0.2) is 11.6 Å². The zero-order chi connectivity index (χ0) is 14.4. The summed E-state index contributed by atoms with van der Waals surface area (Å²) in [6.45, 7) is 5.09. The zero-order valence-electron chi connectivity index (χ0n) is 11.9. The molecular formula is C17H20FNO. The fraction of sp³-hybridized carbons (Fsp3) is 0.294. The van der Waals surface area contributed by atoms with E-state index in [4.69, 9.17) is 4.74 Å². The predicted molar refractivity (Wildman–Crippen MR) is 79.1 cm³/mol. The molecule has 0 aliphatic carbocycles. The molecule has 20 heavy (non-hydrogen) atoms. The first-order valence-electron chi connectivity index (χ1n) is 6.84. The second-order valence-electron chi connectivity index (χ2n) is 5.04. The summed E-state index contributed by atoms with van der Waals surface area (Å²) in [7, 11) is 0. The van der Waals surface area contributed by atoms with Gasteiger partial charge in [0, 0.05) is 18.2 Å². The molecule has 0 bridgehead atoms. The van der Waals surface area contributed by atoms with Gasteiger partial charge in [-0.1, -0.05) is 56.3 Å². The quantitative estimate of drug-likeness (QED) is 0.861. The summed E-state index contributed by atoms with van der Waals surface area (Å²) >= 11 is 0. The normalized spacial score (nSPS) is 10.8. The number of ether oxygens (including phenoxy) is 1. The van der Waals surface area contributed by atoms with Crippen LogP contribution in [0.5, 0.6) is 5.75 Å². The van der Waals surface area contributed by atoms with Crippen LogP contribution in [-0.4, -0.2) is 6.04 Å². The minimum atomic E-state index is -0.316. The van der Waals surface area contributed by atoms with Crippen LogP contribution < -0.4 is 10.1 Å². The number of benzene rings is 2. The van der Waals surface area contributed by atoms with E-state index in [2.05, 4.69) is 19.2 Å². The van der Waals surface area contributed by atoms with Crippen LogP contribution >= 0.6 is 0 Å². The molecular weight excluding hydrogens is 253 g/mol. The molecule has 0 aliphatic heterocycles. The summed E-state index contributed by atoms with van der Waals surface area (Å²) in [5.41, 5.74) is 1.87. The Morgan fingerprint density at radius 3 is 2.50 bits per heavy atom. The summed E-state index contributed by atoms with van der Waals surface area (Å²) in [6, 6.07) is 15.1. The van der Waals surface area contributed by atoms with Crippen molar-refractivity contribution in [2.24, 2.45) is 0 Å². The van der Waals surface area contributed by atoms with Crippen molar-refractivity contribution in [2.75, 3.05) is 0 Å². The van der Waals surface area contributed by atoms with E-state index in [1.54, 1.807) is 6.07 Å². The molecule has 106 valence electrons. The Kier molecular flexibility index (Phi) is 5.13. The van der Waals surface area contributed by atoms with E-state index in [1.165, 1.54) is 6.07 Å². The molecule has 2 rings (SSSR count). The first-order chi connectivity index (χ1) is 9.66. The van der Waals surface area contributed by atoms with Crippen LogP contribution in [0.15, 0.2) is 48.5 Å². The van der Waals surface area contributed by atoms with Crippen LogP contribution in [0.3, 0.4) is 0 Å². The molecule has 2 aromatic rings. The molecule has 2 aromatic carbocycles. The molecule has 0 radical (unpaired) electrons. The number of halogens is 1. The van der Waals surface area contributed by atoms with Crippen molar-refractivity contribution in [2.45, 2.75) is 33.0 Å². The molecule has 1 N–H and O–H groups in total. The van der Waals surface area contributed by atoms with Gasteiger partial charge in [-0.25, -0.2) is 4.39 Å². The summed E-state index contributed by atoms with van der Waals surface area (Å²) < 4.78 is 19.6. The SMILES string of the molecule is CC(C)NCc1cccc(F)c1OCc1ccccc1. The number of rotatable bonds is 6. The zero-order valence-corrected chi connectivity index (χ0v) is 11.9. The van der Waals surface area contributed by atoms with Crippen LogP contribution in [-0.2, 0) is 13.2 Å². The third-order valence-corrected chi connectivity index (χ3v) is 2.98. The van der Waals surface area contributed by atoms with E-state index < -0.39 is 0 Å². The Labute approximate surface area is 119 Å². The second-order valence-corrected chi connectivity index (χ2v) is 5.04. The van der Waals surface area contributed by atoms with Gasteiger partial charge in [-0.2, -0.15) is 0 Å². The predicted octanol–water partition coefficient (Wildman–Crippen LogP) is 3.90. The number of hydrogen-bond donors (Lipinski definition) is 1. The van der Waals surface area contributed by atoms with Crippen LogP contribution in [0.1, 0.15) is 25.0 Å². The van der Waals surface area contributed by atoms with Crippen LogP contribution in [0.25, 0.3) is 0 Å². The summed E-state index contributed by atoms with van der Waals surface area (Å²) in [6.07, 6.45) is 0. The summed E-state index contributed by atoms with van der Waals surface area (Å²) in [5, 5.41) is 3.28. The lowest BCUT2D eigenvalue weighted by molar-refractivity contribution is 0.286. The minimum absolute atomic E-state index is 0.316. The number of nitrogens with one attached hydrogen (secondary N) is 1. The van der Waals surface area contributed by atoms with Gasteiger partial charge in [-0.15, -0.1) is 0 Å². The van der Waals surface area contributed by atoms with Gasteiger partial charge in [0.1, 0.15) is 6.61 Å².